The summed E-state index contributed by atoms with van der Waals surface area (Å²) < 4.78 is 74.6. The standard InChI is InChI=1S/C25H25F5N4O4/c26-18-9-16(10-19(27)13-18)17(12-22(35)38-24(36)25(28,29)30)11-21-34(32-14-37-21)8-2-4-20-6-5-15-3-1-7-31-23(15)33-20/h5-6,9-10,13-14,17,21H,1-4,7-8,11-12H2,(H,31,33). The molecular formula is C25H25F5N4O4. The third-order valence-corrected chi connectivity index (χ3v) is 6.21. The molecule has 1 aromatic heterocycles. The van der Waals surface area contributed by atoms with E-state index in [1.807, 2.05) is 6.07 Å². The Hall–Kier alpha value is -3.77. The first-order valence-corrected chi connectivity index (χ1v) is 12.0. The van der Waals surface area contributed by atoms with Crippen LogP contribution in [0.2, 0.25) is 0 Å². The second-order valence-electron chi connectivity index (χ2n) is 9.02. The lowest BCUT2D eigenvalue weighted by molar-refractivity contribution is -0.202. The highest BCUT2D eigenvalue weighted by Crippen LogP contribution is 2.31. The Morgan fingerprint density at radius 2 is 1.95 bits per heavy atom. The number of anilines is 1. The molecule has 1 aromatic carbocycles. The SMILES string of the molecule is O=C(CC(CC1OC=NN1CCCc1ccc2c(n1)NCCC2)c1cc(F)cc(F)c1)OC(=O)C(F)(F)F. The lowest BCUT2D eigenvalue weighted by Gasteiger charge is -2.26. The molecule has 13 heteroatoms. The van der Waals surface area contributed by atoms with Gasteiger partial charge in [0.1, 0.15) is 17.5 Å². The zero-order valence-corrected chi connectivity index (χ0v) is 20.1. The summed E-state index contributed by atoms with van der Waals surface area (Å²) in [5, 5.41) is 9.00. The van der Waals surface area contributed by atoms with E-state index in [9.17, 15) is 31.5 Å². The van der Waals surface area contributed by atoms with E-state index in [2.05, 4.69) is 26.2 Å². The highest BCUT2D eigenvalue weighted by atomic mass is 19.4. The normalized spacial score (nSPS) is 17.4. The van der Waals surface area contributed by atoms with Crippen molar-refractivity contribution in [3.63, 3.8) is 0 Å². The number of nitrogens with zero attached hydrogens (tertiary/aromatic N) is 3. The second-order valence-corrected chi connectivity index (χ2v) is 9.02. The molecule has 1 N–H and O–H groups in total. The first-order chi connectivity index (χ1) is 18.1. The van der Waals surface area contributed by atoms with Gasteiger partial charge < -0.3 is 14.8 Å². The van der Waals surface area contributed by atoms with E-state index < -0.39 is 48.3 Å². The maximum Gasteiger partial charge on any atom is 0.491 e. The number of hydrazone groups is 1. The monoisotopic (exact) mass is 540 g/mol. The summed E-state index contributed by atoms with van der Waals surface area (Å²) in [7, 11) is 0. The molecule has 0 amide bonds. The molecule has 0 aliphatic carbocycles. The number of benzene rings is 1. The van der Waals surface area contributed by atoms with Crippen molar-refractivity contribution in [3.05, 3.63) is 58.8 Å². The second kappa shape index (κ2) is 11.7. The van der Waals surface area contributed by atoms with Crippen LogP contribution in [0.5, 0.6) is 0 Å². The number of carbonyl (C=O) groups is 2. The van der Waals surface area contributed by atoms with Crippen LogP contribution in [-0.2, 0) is 31.9 Å². The first kappa shape index (κ1) is 27.3. The molecule has 4 rings (SSSR count). The largest absolute Gasteiger partial charge is 0.491 e. The fraction of sp³-hybridized carbons (Fsp3) is 0.440. The van der Waals surface area contributed by atoms with Gasteiger partial charge >= 0.3 is 18.1 Å². The molecule has 2 unspecified atom stereocenters. The molecule has 2 aliphatic heterocycles. The third kappa shape index (κ3) is 7.17. The number of carbonyl (C=O) groups excluding carboxylic acids is 2. The summed E-state index contributed by atoms with van der Waals surface area (Å²) in [4.78, 5) is 27.8. The molecular weight excluding hydrogens is 515 g/mol. The number of fused-ring (bicyclic) bond motifs is 1. The summed E-state index contributed by atoms with van der Waals surface area (Å²) in [6.07, 6.45) is -2.46. The van der Waals surface area contributed by atoms with Crippen molar-refractivity contribution in [2.45, 2.75) is 56.8 Å². The number of pyridine rings is 1. The molecule has 8 nitrogen and oxygen atoms in total. The number of nitrogens with one attached hydrogen (secondary N) is 1. The molecule has 2 atom stereocenters. The van der Waals surface area contributed by atoms with Gasteiger partial charge in [0.25, 0.3) is 0 Å². The van der Waals surface area contributed by atoms with E-state index in [1.165, 1.54) is 12.0 Å². The van der Waals surface area contributed by atoms with E-state index in [0.717, 1.165) is 43.0 Å². The van der Waals surface area contributed by atoms with E-state index in [4.69, 9.17) is 4.74 Å². The highest BCUT2D eigenvalue weighted by Gasteiger charge is 2.43. The minimum atomic E-state index is -5.36. The summed E-state index contributed by atoms with van der Waals surface area (Å²) in [5.74, 6) is -6.17. The van der Waals surface area contributed by atoms with Crippen LogP contribution in [0.15, 0.2) is 35.4 Å². The van der Waals surface area contributed by atoms with E-state index in [1.54, 1.807) is 5.01 Å². The van der Waals surface area contributed by atoms with Gasteiger partial charge in [-0.25, -0.2) is 18.6 Å². The zero-order valence-electron chi connectivity index (χ0n) is 20.1. The average molecular weight is 540 g/mol. The summed E-state index contributed by atoms with van der Waals surface area (Å²) >= 11 is 0. The molecule has 0 saturated heterocycles. The highest BCUT2D eigenvalue weighted by molar-refractivity contribution is 5.88. The first-order valence-electron chi connectivity index (χ1n) is 12.0. The quantitative estimate of drug-likeness (QED) is 0.286. The number of ether oxygens (including phenoxy) is 2. The van der Waals surface area contributed by atoms with Gasteiger partial charge in [0.05, 0.1) is 6.42 Å². The van der Waals surface area contributed by atoms with Crippen molar-refractivity contribution in [2.24, 2.45) is 5.10 Å². The maximum absolute atomic E-state index is 13.9. The molecule has 38 heavy (non-hydrogen) atoms. The van der Waals surface area contributed by atoms with Crippen molar-refractivity contribution in [1.29, 1.82) is 0 Å². The predicted molar refractivity (Wildman–Crippen MR) is 125 cm³/mol. The number of hydrogen-bond donors (Lipinski definition) is 1. The number of halogens is 5. The molecule has 3 heterocycles. The fourth-order valence-corrected chi connectivity index (χ4v) is 4.41. The van der Waals surface area contributed by atoms with Gasteiger partial charge in [-0.2, -0.15) is 13.2 Å². The molecule has 2 aliphatic rings. The lowest BCUT2D eigenvalue weighted by Crippen LogP contribution is -2.32. The van der Waals surface area contributed by atoms with Gasteiger partial charge in [-0.15, -0.1) is 5.10 Å². The van der Waals surface area contributed by atoms with Gasteiger partial charge in [-0.3, -0.25) is 9.80 Å². The smallest absolute Gasteiger partial charge is 0.457 e. The average Bonchev–Trinajstić information content (AvgIpc) is 3.29. The van der Waals surface area contributed by atoms with Crippen LogP contribution in [0.4, 0.5) is 27.8 Å². The van der Waals surface area contributed by atoms with Gasteiger partial charge in [0, 0.05) is 31.3 Å². The van der Waals surface area contributed by atoms with Crippen molar-refractivity contribution < 1.29 is 41.0 Å². The summed E-state index contributed by atoms with van der Waals surface area (Å²) in [6.45, 7) is 1.29. The third-order valence-electron chi connectivity index (χ3n) is 6.21. The Bertz CT molecular complexity index is 1190. The minimum Gasteiger partial charge on any atom is -0.457 e. The summed E-state index contributed by atoms with van der Waals surface area (Å²) in [5.41, 5.74) is 2.07. The Kier molecular flexibility index (Phi) is 8.42. The minimum absolute atomic E-state index is 0.000108. The maximum atomic E-state index is 13.9. The van der Waals surface area contributed by atoms with Crippen molar-refractivity contribution >= 4 is 24.2 Å². The number of aryl methyl sites for hydroxylation is 2. The van der Waals surface area contributed by atoms with Crippen LogP contribution in [0, 0.1) is 11.6 Å². The van der Waals surface area contributed by atoms with E-state index in [-0.39, 0.29) is 12.0 Å². The van der Waals surface area contributed by atoms with Crippen LogP contribution < -0.4 is 5.32 Å². The molecule has 204 valence electrons. The van der Waals surface area contributed by atoms with Crippen LogP contribution in [-0.4, -0.2) is 53.8 Å². The van der Waals surface area contributed by atoms with E-state index in [0.29, 0.717) is 25.5 Å². The number of hydrogen-bond acceptors (Lipinski definition) is 8. The van der Waals surface area contributed by atoms with Crippen LogP contribution in [0.25, 0.3) is 0 Å². The van der Waals surface area contributed by atoms with Gasteiger partial charge in [0.15, 0.2) is 12.6 Å². The Morgan fingerprint density at radius 3 is 2.68 bits per heavy atom. The topological polar surface area (TPSA) is 93.1 Å². The number of alkyl halides is 3. The number of aromatic nitrogens is 1. The summed E-state index contributed by atoms with van der Waals surface area (Å²) in [6, 6.07) is 6.56. The van der Waals surface area contributed by atoms with Crippen molar-refractivity contribution in [3.8, 4) is 0 Å². The van der Waals surface area contributed by atoms with Gasteiger partial charge in [-0.1, -0.05) is 6.07 Å². The van der Waals surface area contributed by atoms with E-state index >= 15 is 0 Å². The Labute approximate surface area is 214 Å². The molecule has 2 aromatic rings. The molecule has 0 fully saturated rings. The van der Waals surface area contributed by atoms with Crippen molar-refractivity contribution in [2.75, 3.05) is 18.4 Å². The van der Waals surface area contributed by atoms with Crippen molar-refractivity contribution in [1.82, 2.24) is 9.99 Å². The van der Waals surface area contributed by atoms with Gasteiger partial charge in [-0.05, 0) is 60.9 Å². The fourth-order valence-electron chi connectivity index (χ4n) is 4.41. The number of esters is 2. The molecule has 0 radical (unpaired) electrons. The molecule has 0 saturated carbocycles. The van der Waals surface area contributed by atoms with Gasteiger partial charge in [0.2, 0.25) is 0 Å². The lowest BCUT2D eigenvalue weighted by atomic mass is 9.91. The molecule has 0 bridgehead atoms. The van der Waals surface area contributed by atoms with Crippen LogP contribution >= 0.6 is 0 Å². The Balaban J connectivity index is 1.40. The Morgan fingerprint density at radius 1 is 1.18 bits per heavy atom. The predicted octanol–water partition coefficient (Wildman–Crippen LogP) is 4.45. The zero-order chi connectivity index (χ0) is 27.3. The molecule has 0 spiro atoms. The van der Waals surface area contributed by atoms with Crippen LogP contribution in [0.1, 0.15) is 48.4 Å². The van der Waals surface area contributed by atoms with Crippen LogP contribution in [0.3, 0.4) is 0 Å². The number of rotatable bonds is 9.